The topological polar surface area (TPSA) is 57.5 Å². The summed E-state index contributed by atoms with van der Waals surface area (Å²) in [6.07, 6.45) is 0. The zero-order valence-corrected chi connectivity index (χ0v) is 10.4. The summed E-state index contributed by atoms with van der Waals surface area (Å²) in [5.41, 5.74) is 1.56. The summed E-state index contributed by atoms with van der Waals surface area (Å²) in [5, 5.41) is 22.3. The molecule has 1 aromatic carbocycles. The van der Waals surface area contributed by atoms with Crippen LogP contribution in [0.4, 0.5) is 0 Å². The third-order valence-electron chi connectivity index (χ3n) is 2.15. The number of rotatable bonds is 2. The molecule has 0 aliphatic carbocycles. The number of phenols is 1. The molecule has 2 rings (SSSR count). The van der Waals surface area contributed by atoms with Gasteiger partial charge in [0.1, 0.15) is 5.75 Å². The minimum absolute atomic E-state index is 0.0287. The van der Waals surface area contributed by atoms with Gasteiger partial charge in [-0.1, -0.05) is 0 Å². The lowest BCUT2D eigenvalue weighted by atomic mass is 10.1. The molecule has 1 heterocycles. The zero-order chi connectivity index (χ0) is 11.7. The van der Waals surface area contributed by atoms with Crippen molar-refractivity contribution in [3.05, 3.63) is 39.0 Å². The van der Waals surface area contributed by atoms with E-state index < -0.39 is 5.97 Å². The van der Waals surface area contributed by atoms with E-state index in [9.17, 15) is 9.90 Å². The fourth-order valence-corrected chi connectivity index (χ4v) is 2.87. The number of halogens is 1. The van der Waals surface area contributed by atoms with Crippen LogP contribution in [0.1, 0.15) is 10.4 Å². The molecule has 82 valence electrons. The summed E-state index contributed by atoms with van der Waals surface area (Å²) in [5.74, 6) is -1.08. The molecule has 0 fully saturated rings. The zero-order valence-electron chi connectivity index (χ0n) is 7.98. The van der Waals surface area contributed by atoms with Gasteiger partial charge in [0.15, 0.2) is 0 Å². The Bertz CT molecular complexity index is 548. The van der Waals surface area contributed by atoms with Crippen LogP contribution in [0.3, 0.4) is 0 Å². The van der Waals surface area contributed by atoms with Gasteiger partial charge in [0.25, 0.3) is 0 Å². The molecule has 2 N–H and O–H groups in total. The Morgan fingerprint density at radius 1 is 1.25 bits per heavy atom. The molecular weight excluding hydrogens is 292 g/mol. The molecular formula is C11H7BrO3S. The second kappa shape index (κ2) is 4.27. The number of carbonyl (C=O) groups is 1. The number of aromatic hydroxyl groups is 1. The molecule has 2 aromatic rings. The summed E-state index contributed by atoms with van der Waals surface area (Å²) in [7, 11) is 0. The summed E-state index contributed by atoms with van der Waals surface area (Å²) in [4.78, 5) is 10.7. The van der Waals surface area contributed by atoms with Crippen molar-refractivity contribution in [3.63, 3.8) is 0 Å². The van der Waals surface area contributed by atoms with Gasteiger partial charge in [0.2, 0.25) is 0 Å². The molecule has 0 aliphatic rings. The number of benzene rings is 1. The molecule has 0 spiro atoms. The Kier molecular flexibility index (Phi) is 2.98. The highest BCUT2D eigenvalue weighted by Crippen LogP contribution is 2.37. The minimum Gasteiger partial charge on any atom is -0.507 e. The molecule has 0 saturated carbocycles. The number of phenolic OH excluding ortho intramolecular Hbond substituents is 1. The molecule has 0 bridgehead atoms. The second-order valence-corrected chi connectivity index (χ2v) is 4.77. The van der Waals surface area contributed by atoms with Crippen LogP contribution in [0.15, 0.2) is 33.4 Å². The number of aromatic carboxylic acids is 1. The van der Waals surface area contributed by atoms with E-state index in [1.807, 2.05) is 10.8 Å². The highest BCUT2D eigenvalue weighted by atomic mass is 79.9. The standard InChI is InChI=1S/C11H7BrO3S/c12-9-5-16-4-8(9)7-2-1-6(11(14)15)3-10(7)13/h1-5,13H,(H,14,15). The van der Waals surface area contributed by atoms with Gasteiger partial charge < -0.3 is 10.2 Å². The predicted molar refractivity (Wildman–Crippen MR) is 66.1 cm³/mol. The minimum atomic E-state index is -1.05. The normalized spacial score (nSPS) is 10.3. The summed E-state index contributed by atoms with van der Waals surface area (Å²) in [6, 6.07) is 4.33. The Hall–Kier alpha value is -1.33. The van der Waals surface area contributed by atoms with E-state index in [0.717, 1.165) is 10.0 Å². The van der Waals surface area contributed by atoms with Gasteiger partial charge in [-0.15, -0.1) is 0 Å². The molecule has 0 aliphatic heterocycles. The van der Waals surface area contributed by atoms with Gasteiger partial charge in [0, 0.05) is 21.0 Å². The van der Waals surface area contributed by atoms with E-state index in [2.05, 4.69) is 15.9 Å². The molecule has 1 aromatic heterocycles. The van der Waals surface area contributed by atoms with Crippen LogP contribution >= 0.6 is 27.3 Å². The van der Waals surface area contributed by atoms with E-state index in [-0.39, 0.29) is 11.3 Å². The van der Waals surface area contributed by atoms with E-state index in [1.165, 1.54) is 23.5 Å². The first-order chi connectivity index (χ1) is 7.59. The van der Waals surface area contributed by atoms with Crippen LogP contribution in [0.2, 0.25) is 0 Å². The molecule has 0 amide bonds. The maximum Gasteiger partial charge on any atom is 0.335 e. The average Bonchev–Trinajstić information content (AvgIpc) is 2.64. The van der Waals surface area contributed by atoms with E-state index in [4.69, 9.17) is 5.11 Å². The van der Waals surface area contributed by atoms with Crippen LogP contribution in [0.25, 0.3) is 11.1 Å². The van der Waals surface area contributed by atoms with Crippen LogP contribution < -0.4 is 0 Å². The first-order valence-corrected chi connectivity index (χ1v) is 6.11. The van der Waals surface area contributed by atoms with Crippen LogP contribution in [0, 0.1) is 0 Å². The third kappa shape index (κ3) is 1.96. The molecule has 0 radical (unpaired) electrons. The third-order valence-corrected chi connectivity index (χ3v) is 3.85. The van der Waals surface area contributed by atoms with Gasteiger partial charge in [-0.3, -0.25) is 0 Å². The van der Waals surface area contributed by atoms with Crippen molar-refractivity contribution in [2.75, 3.05) is 0 Å². The Morgan fingerprint density at radius 2 is 2.00 bits per heavy atom. The lowest BCUT2D eigenvalue weighted by Gasteiger charge is -2.04. The van der Waals surface area contributed by atoms with Gasteiger partial charge in [-0.25, -0.2) is 4.79 Å². The van der Waals surface area contributed by atoms with Crippen molar-refractivity contribution in [2.24, 2.45) is 0 Å². The fraction of sp³-hybridized carbons (Fsp3) is 0. The van der Waals surface area contributed by atoms with Gasteiger partial charge in [0.05, 0.1) is 5.56 Å². The number of hydrogen-bond acceptors (Lipinski definition) is 3. The van der Waals surface area contributed by atoms with Crippen molar-refractivity contribution in [2.45, 2.75) is 0 Å². The lowest BCUT2D eigenvalue weighted by molar-refractivity contribution is 0.0696. The average molecular weight is 299 g/mol. The lowest BCUT2D eigenvalue weighted by Crippen LogP contribution is -1.95. The number of carboxylic acids is 1. The number of thiophene rings is 1. The molecule has 3 nitrogen and oxygen atoms in total. The summed E-state index contributed by atoms with van der Waals surface area (Å²) in [6.45, 7) is 0. The molecule has 0 saturated heterocycles. The van der Waals surface area contributed by atoms with Crippen molar-refractivity contribution >= 4 is 33.2 Å². The summed E-state index contributed by atoms with van der Waals surface area (Å²) < 4.78 is 0.885. The monoisotopic (exact) mass is 298 g/mol. The van der Waals surface area contributed by atoms with Crippen molar-refractivity contribution in [1.29, 1.82) is 0 Å². The highest BCUT2D eigenvalue weighted by Gasteiger charge is 2.11. The van der Waals surface area contributed by atoms with Crippen LogP contribution in [-0.4, -0.2) is 16.2 Å². The Balaban J connectivity index is 2.52. The van der Waals surface area contributed by atoms with E-state index in [0.29, 0.717) is 5.56 Å². The molecule has 0 atom stereocenters. The van der Waals surface area contributed by atoms with E-state index >= 15 is 0 Å². The maximum atomic E-state index is 10.7. The van der Waals surface area contributed by atoms with Crippen LogP contribution in [-0.2, 0) is 0 Å². The summed E-state index contributed by atoms with van der Waals surface area (Å²) >= 11 is 4.87. The predicted octanol–water partition coefficient (Wildman–Crippen LogP) is 3.58. The number of carboxylic acid groups (broad SMARTS) is 1. The van der Waals surface area contributed by atoms with Crippen molar-refractivity contribution in [1.82, 2.24) is 0 Å². The van der Waals surface area contributed by atoms with Gasteiger partial charge in [-0.05, 0) is 39.5 Å². The maximum absolute atomic E-state index is 10.7. The van der Waals surface area contributed by atoms with Crippen molar-refractivity contribution in [3.8, 4) is 16.9 Å². The van der Waals surface area contributed by atoms with Gasteiger partial charge >= 0.3 is 5.97 Å². The van der Waals surface area contributed by atoms with Crippen LogP contribution in [0.5, 0.6) is 5.75 Å². The number of hydrogen-bond donors (Lipinski definition) is 2. The van der Waals surface area contributed by atoms with Crippen molar-refractivity contribution < 1.29 is 15.0 Å². The Morgan fingerprint density at radius 3 is 2.50 bits per heavy atom. The van der Waals surface area contributed by atoms with Gasteiger partial charge in [-0.2, -0.15) is 11.3 Å². The molecule has 5 heteroatoms. The van der Waals surface area contributed by atoms with E-state index in [1.54, 1.807) is 6.07 Å². The quantitative estimate of drug-likeness (QED) is 0.891. The smallest absolute Gasteiger partial charge is 0.335 e. The first kappa shape index (κ1) is 11.2. The molecule has 16 heavy (non-hydrogen) atoms. The second-order valence-electron chi connectivity index (χ2n) is 3.17. The molecule has 0 unspecified atom stereocenters. The first-order valence-electron chi connectivity index (χ1n) is 4.38. The highest BCUT2D eigenvalue weighted by molar-refractivity contribution is 9.10. The Labute approximate surface area is 104 Å². The largest absolute Gasteiger partial charge is 0.507 e. The SMILES string of the molecule is O=C(O)c1ccc(-c2cscc2Br)c(O)c1. The fourth-order valence-electron chi connectivity index (χ4n) is 1.37.